The lowest BCUT2D eigenvalue weighted by atomic mass is 10.1. The van der Waals surface area contributed by atoms with Crippen molar-refractivity contribution in [1.82, 2.24) is 9.78 Å². The maximum Gasteiger partial charge on any atom is 0.446 e. The van der Waals surface area contributed by atoms with Crippen LogP contribution in [-0.2, 0) is 7.05 Å². The zero-order chi connectivity index (χ0) is 15.6. The van der Waals surface area contributed by atoms with Crippen LogP contribution in [0.4, 0.5) is 18.9 Å². The molecule has 0 saturated carbocycles. The van der Waals surface area contributed by atoms with E-state index in [1.54, 1.807) is 16.8 Å². The van der Waals surface area contributed by atoms with Gasteiger partial charge in [-0.1, -0.05) is 0 Å². The molecule has 0 aliphatic carbocycles. The van der Waals surface area contributed by atoms with E-state index in [0.717, 1.165) is 16.9 Å². The first-order valence-corrected chi connectivity index (χ1v) is 7.19. The number of aromatic nitrogens is 2. The molecule has 0 fully saturated rings. The van der Waals surface area contributed by atoms with E-state index in [1.807, 2.05) is 27.1 Å². The number of hydrogen-bond donors (Lipinski definition) is 1. The molecule has 0 bridgehead atoms. The lowest BCUT2D eigenvalue weighted by Gasteiger charge is -2.15. The molecule has 0 aliphatic rings. The van der Waals surface area contributed by atoms with Crippen LogP contribution in [0.15, 0.2) is 35.4 Å². The van der Waals surface area contributed by atoms with Gasteiger partial charge in [0.05, 0.1) is 11.7 Å². The Balaban J connectivity index is 2.05. The van der Waals surface area contributed by atoms with Gasteiger partial charge in [0.15, 0.2) is 0 Å². The highest BCUT2D eigenvalue weighted by Crippen LogP contribution is 2.37. The van der Waals surface area contributed by atoms with Crippen molar-refractivity contribution in [2.75, 3.05) is 5.32 Å². The first kappa shape index (κ1) is 15.8. The number of rotatable bonds is 4. The van der Waals surface area contributed by atoms with Crippen molar-refractivity contribution in [2.24, 2.45) is 7.05 Å². The van der Waals surface area contributed by atoms with Crippen LogP contribution in [0.1, 0.15) is 24.2 Å². The van der Waals surface area contributed by atoms with Gasteiger partial charge in [0.2, 0.25) is 0 Å². The molecular formula is C14H16F3N3S. The van der Waals surface area contributed by atoms with Crippen LogP contribution < -0.4 is 5.32 Å². The van der Waals surface area contributed by atoms with E-state index in [9.17, 15) is 13.2 Å². The van der Waals surface area contributed by atoms with Crippen molar-refractivity contribution in [3.8, 4) is 0 Å². The maximum absolute atomic E-state index is 12.3. The van der Waals surface area contributed by atoms with Crippen molar-refractivity contribution >= 4 is 17.4 Å². The lowest BCUT2D eigenvalue weighted by Crippen LogP contribution is -2.07. The summed E-state index contributed by atoms with van der Waals surface area (Å²) in [6.07, 6.45) is 1.93. The summed E-state index contributed by atoms with van der Waals surface area (Å²) in [5, 5.41) is 7.54. The predicted octanol–water partition coefficient (Wildman–Crippen LogP) is 4.51. The molecule has 1 atom stereocenters. The molecule has 2 rings (SSSR count). The Bertz CT molecular complexity index is 605. The van der Waals surface area contributed by atoms with Gasteiger partial charge in [-0.25, -0.2) is 0 Å². The van der Waals surface area contributed by atoms with Gasteiger partial charge < -0.3 is 5.32 Å². The van der Waals surface area contributed by atoms with E-state index in [0.29, 0.717) is 0 Å². The van der Waals surface area contributed by atoms with Gasteiger partial charge in [0.1, 0.15) is 0 Å². The number of anilines is 1. The molecule has 0 saturated heterocycles. The molecule has 0 amide bonds. The van der Waals surface area contributed by atoms with Gasteiger partial charge >= 0.3 is 5.51 Å². The number of aryl methyl sites for hydroxylation is 2. The van der Waals surface area contributed by atoms with Crippen LogP contribution in [0.25, 0.3) is 0 Å². The second-order valence-electron chi connectivity index (χ2n) is 4.78. The Labute approximate surface area is 125 Å². The van der Waals surface area contributed by atoms with Gasteiger partial charge in [0, 0.05) is 29.4 Å². The van der Waals surface area contributed by atoms with Crippen LogP contribution in [0.3, 0.4) is 0 Å². The molecule has 1 aromatic heterocycles. The third-order valence-electron chi connectivity index (χ3n) is 2.99. The van der Waals surface area contributed by atoms with Gasteiger partial charge in [-0.05, 0) is 49.9 Å². The zero-order valence-electron chi connectivity index (χ0n) is 11.9. The maximum atomic E-state index is 12.3. The fraction of sp³-hybridized carbons (Fsp3) is 0.357. The topological polar surface area (TPSA) is 29.9 Å². The first-order valence-electron chi connectivity index (χ1n) is 6.37. The molecule has 1 aromatic carbocycles. The number of thioether (sulfide) groups is 1. The van der Waals surface area contributed by atoms with Gasteiger partial charge in [0.25, 0.3) is 0 Å². The average Bonchev–Trinajstić information content (AvgIpc) is 2.69. The minimum absolute atomic E-state index is 0.0276. The van der Waals surface area contributed by atoms with Crippen molar-refractivity contribution in [2.45, 2.75) is 30.3 Å². The summed E-state index contributed by atoms with van der Waals surface area (Å²) in [6.45, 7) is 3.92. The Morgan fingerprint density at radius 3 is 2.33 bits per heavy atom. The Hall–Kier alpha value is -1.63. The van der Waals surface area contributed by atoms with Gasteiger partial charge in [-0.15, -0.1) is 0 Å². The fourth-order valence-electron chi connectivity index (χ4n) is 2.12. The first-order chi connectivity index (χ1) is 9.74. The third kappa shape index (κ3) is 4.42. The van der Waals surface area contributed by atoms with Crippen LogP contribution in [0.2, 0.25) is 0 Å². The summed E-state index contributed by atoms with van der Waals surface area (Å²) in [5.74, 6) is 0. The highest BCUT2D eigenvalue weighted by atomic mass is 32.2. The van der Waals surface area contributed by atoms with E-state index in [4.69, 9.17) is 0 Å². The largest absolute Gasteiger partial charge is 0.446 e. The predicted molar refractivity (Wildman–Crippen MR) is 78.3 cm³/mol. The monoisotopic (exact) mass is 315 g/mol. The lowest BCUT2D eigenvalue weighted by molar-refractivity contribution is -0.0328. The smallest absolute Gasteiger partial charge is 0.378 e. The Kier molecular flexibility index (Phi) is 4.51. The van der Waals surface area contributed by atoms with E-state index >= 15 is 0 Å². The molecule has 1 unspecified atom stereocenters. The number of alkyl halides is 3. The highest BCUT2D eigenvalue weighted by Gasteiger charge is 2.29. The van der Waals surface area contributed by atoms with E-state index < -0.39 is 5.51 Å². The fourth-order valence-corrected chi connectivity index (χ4v) is 2.66. The summed E-state index contributed by atoms with van der Waals surface area (Å²) < 4.78 is 38.5. The van der Waals surface area contributed by atoms with Crippen LogP contribution in [0, 0.1) is 6.92 Å². The summed E-state index contributed by atoms with van der Waals surface area (Å²) in [4.78, 5) is 0.179. The number of hydrogen-bond acceptors (Lipinski definition) is 3. The molecule has 1 N–H and O–H groups in total. The highest BCUT2D eigenvalue weighted by molar-refractivity contribution is 8.00. The minimum atomic E-state index is -4.25. The quantitative estimate of drug-likeness (QED) is 0.842. The molecule has 0 aliphatic heterocycles. The van der Waals surface area contributed by atoms with Crippen LogP contribution in [-0.4, -0.2) is 15.3 Å². The summed E-state index contributed by atoms with van der Waals surface area (Å²) >= 11 is -0.111. The van der Waals surface area contributed by atoms with E-state index in [1.165, 1.54) is 12.1 Å². The number of halogens is 3. The SMILES string of the molecule is Cc1nn(C)cc1C(C)Nc1ccc(SC(F)(F)F)cc1. The summed E-state index contributed by atoms with van der Waals surface area (Å²) in [5.41, 5.74) is -1.49. The van der Waals surface area contributed by atoms with Gasteiger partial charge in [-0.3, -0.25) is 4.68 Å². The molecular weight excluding hydrogens is 299 g/mol. The van der Waals surface area contributed by atoms with E-state index in [-0.39, 0.29) is 22.7 Å². The Morgan fingerprint density at radius 2 is 1.86 bits per heavy atom. The zero-order valence-corrected chi connectivity index (χ0v) is 12.7. The minimum Gasteiger partial charge on any atom is -0.378 e. The van der Waals surface area contributed by atoms with Crippen molar-refractivity contribution < 1.29 is 13.2 Å². The Morgan fingerprint density at radius 1 is 1.24 bits per heavy atom. The van der Waals surface area contributed by atoms with Gasteiger partial charge in [-0.2, -0.15) is 18.3 Å². The average molecular weight is 315 g/mol. The number of nitrogens with one attached hydrogen (secondary N) is 1. The molecule has 1 heterocycles. The normalized spacial score (nSPS) is 13.2. The second-order valence-corrected chi connectivity index (χ2v) is 5.92. The van der Waals surface area contributed by atoms with E-state index in [2.05, 4.69) is 10.4 Å². The molecule has 114 valence electrons. The molecule has 0 radical (unpaired) electrons. The van der Waals surface area contributed by atoms with Crippen LogP contribution in [0.5, 0.6) is 0 Å². The summed E-state index contributed by atoms with van der Waals surface area (Å²) in [7, 11) is 1.85. The van der Waals surface area contributed by atoms with Crippen LogP contribution >= 0.6 is 11.8 Å². The molecule has 7 heteroatoms. The second kappa shape index (κ2) is 6.01. The van der Waals surface area contributed by atoms with Crippen molar-refractivity contribution in [3.05, 3.63) is 41.7 Å². The third-order valence-corrected chi connectivity index (χ3v) is 3.73. The number of nitrogens with zero attached hydrogens (tertiary/aromatic N) is 2. The number of benzene rings is 1. The van der Waals surface area contributed by atoms with Crippen molar-refractivity contribution in [1.29, 1.82) is 0 Å². The molecule has 0 spiro atoms. The standard InChI is InChI=1S/C14H16F3N3S/c1-9(13-8-20(3)19-10(13)2)18-11-4-6-12(7-5-11)21-14(15,16)17/h4-9,18H,1-3H3. The molecule has 21 heavy (non-hydrogen) atoms. The molecule has 3 nitrogen and oxygen atoms in total. The van der Waals surface area contributed by atoms with Crippen molar-refractivity contribution in [3.63, 3.8) is 0 Å². The molecule has 2 aromatic rings. The summed E-state index contributed by atoms with van der Waals surface area (Å²) in [6, 6.07) is 6.25.